The molecule has 5 fully saturated rings. The molecule has 67 heavy (non-hydrogen) atoms. The van der Waals surface area contributed by atoms with Crippen LogP contribution in [0.4, 0.5) is 17.1 Å². The van der Waals surface area contributed by atoms with Gasteiger partial charge in [0.1, 0.15) is 0 Å². The second kappa shape index (κ2) is 13.7. The average molecular weight is 875 g/mol. The summed E-state index contributed by atoms with van der Waals surface area (Å²) in [5, 5.41) is 8.04. The second-order valence-corrected chi connectivity index (χ2v) is 24.4. The zero-order valence-electron chi connectivity index (χ0n) is 37.5. The summed E-state index contributed by atoms with van der Waals surface area (Å²) in [4.78, 5) is 2.69. The molecule has 5 aliphatic carbocycles. The highest BCUT2D eigenvalue weighted by atomic mass is 28.3. The third-order valence-corrected chi connectivity index (χ3v) is 22.7. The molecule has 3 spiro atoms. The van der Waals surface area contributed by atoms with Crippen molar-refractivity contribution in [3.8, 4) is 16.8 Å². The van der Waals surface area contributed by atoms with E-state index in [4.69, 9.17) is 0 Å². The largest absolute Gasteiger partial charge is 0.309 e. The molecule has 320 valence electrons. The van der Waals surface area contributed by atoms with Gasteiger partial charge < -0.3 is 9.47 Å². The smallest absolute Gasteiger partial charge is 0.179 e. The van der Waals surface area contributed by atoms with Crippen LogP contribution in [0.3, 0.4) is 0 Å². The number of nitrogens with zero attached hydrogens (tertiary/aromatic N) is 2. The van der Waals surface area contributed by atoms with Crippen molar-refractivity contribution in [3.05, 3.63) is 242 Å². The van der Waals surface area contributed by atoms with Crippen molar-refractivity contribution >= 4 is 67.7 Å². The van der Waals surface area contributed by atoms with Gasteiger partial charge in [-0.25, -0.2) is 0 Å². The van der Waals surface area contributed by atoms with Gasteiger partial charge >= 0.3 is 0 Å². The summed E-state index contributed by atoms with van der Waals surface area (Å²) in [6.45, 7) is 0. The van der Waals surface area contributed by atoms with Gasteiger partial charge in [0, 0.05) is 21.8 Å². The lowest BCUT2D eigenvalue weighted by molar-refractivity contribution is 0.117. The van der Waals surface area contributed by atoms with Crippen molar-refractivity contribution in [2.24, 2.45) is 22.7 Å². The van der Waals surface area contributed by atoms with Crippen molar-refractivity contribution in [2.75, 3.05) is 4.90 Å². The first-order valence-electron chi connectivity index (χ1n) is 24.5. The van der Waals surface area contributed by atoms with Gasteiger partial charge in [-0.1, -0.05) is 194 Å². The molecule has 0 radical (unpaired) electrons. The molecule has 4 atom stereocenters. The Kier molecular flexibility index (Phi) is 7.75. The minimum atomic E-state index is -2.87. The SMILES string of the molecule is c1ccc([Si](c2ccccc2)(c2ccccc2)c2cccc(-c3c(N4c5ccccc5C5(c6ccccc64)C4C[C@@H]6CC57C[C@@]7(C4)C6)cccc3-n3c4ccccc4c4ccccc43)c2)cc1. The summed E-state index contributed by atoms with van der Waals surface area (Å²) >= 11 is 0. The van der Waals surface area contributed by atoms with Gasteiger partial charge in [-0.3, -0.25) is 0 Å². The zero-order valence-corrected chi connectivity index (χ0v) is 38.5. The van der Waals surface area contributed by atoms with Gasteiger partial charge in [0.15, 0.2) is 8.07 Å². The van der Waals surface area contributed by atoms with Crippen molar-refractivity contribution in [1.82, 2.24) is 4.57 Å². The molecular weight excluding hydrogens is 825 g/mol. The van der Waals surface area contributed by atoms with Crippen LogP contribution in [0.1, 0.15) is 43.2 Å². The van der Waals surface area contributed by atoms with Crippen molar-refractivity contribution in [3.63, 3.8) is 0 Å². The Labute approximate surface area is 393 Å². The first kappa shape index (κ1) is 38.0. The molecule has 2 unspecified atom stereocenters. The number of hydrogen-bond donors (Lipinski definition) is 0. The number of para-hydroxylation sites is 4. The van der Waals surface area contributed by atoms with Gasteiger partial charge in [-0.2, -0.15) is 0 Å². The lowest BCUT2D eigenvalue weighted by Gasteiger charge is -2.55. The van der Waals surface area contributed by atoms with Crippen molar-refractivity contribution < 1.29 is 0 Å². The fourth-order valence-corrected chi connectivity index (χ4v) is 20.8. The van der Waals surface area contributed by atoms with Crippen LogP contribution in [0.5, 0.6) is 0 Å². The maximum Gasteiger partial charge on any atom is 0.179 e. The van der Waals surface area contributed by atoms with Crippen molar-refractivity contribution in [2.45, 2.75) is 37.5 Å². The summed E-state index contributed by atoms with van der Waals surface area (Å²) in [6, 6.07) is 88.2. The van der Waals surface area contributed by atoms with E-state index in [-0.39, 0.29) is 5.41 Å². The molecule has 0 saturated heterocycles. The van der Waals surface area contributed by atoms with Crippen molar-refractivity contribution in [1.29, 1.82) is 0 Å². The van der Waals surface area contributed by atoms with E-state index < -0.39 is 8.07 Å². The second-order valence-electron chi connectivity index (χ2n) is 20.6. The Morgan fingerprint density at radius 3 is 1.51 bits per heavy atom. The standard InChI is InChI=1S/C64H50N2Si/c1-4-21-47(22-5-1)67(48-23-6-2-7-24-48,49-25-8-3-9-26-49)50-27-18-20-45(39-50)61-59(65-55-32-14-10-28-51(55)52-29-11-15-33-56(52)65)36-19-37-60(61)66-57-34-16-12-30-53(57)64(54-31-13-17-35-58(54)66)46-38-44-40-62(42-46)43-63(62,64)41-44/h1-37,39,44,46H,38,40-43H2/t44-,46?,62-,63?/m0/s1. The first-order chi connectivity index (χ1) is 33.2. The number of anilines is 3. The summed E-state index contributed by atoms with van der Waals surface area (Å²) in [6.07, 6.45) is 6.99. The van der Waals surface area contributed by atoms with Crippen LogP contribution in [0.15, 0.2) is 231 Å². The van der Waals surface area contributed by atoms with Crippen LogP contribution in [0.2, 0.25) is 0 Å². The fourth-order valence-electron chi connectivity index (χ4n) is 16.0. The normalized spacial score (nSPS) is 22.5. The van der Waals surface area contributed by atoms with Gasteiger partial charge in [-0.05, 0) is 129 Å². The van der Waals surface area contributed by atoms with E-state index in [1.54, 1.807) is 11.1 Å². The molecular formula is C64H50N2Si. The molecule has 1 aromatic heterocycles. The Morgan fingerprint density at radius 2 is 0.910 bits per heavy atom. The molecule has 3 heteroatoms. The summed E-state index contributed by atoms with van der Waals surface area (Å²) in [5.41, 5.74) is 14.1. The first-order valence-corrected chi connectivity index (χ1v) is 26.5. The highest BCUT2D eigenvalue weighted by Crippen LogP contribution is 2.94. The predicted octanol–water partition coefficient (Wildman–Crippen LogP) is 13.1. The molecule has 2 nitrogen and oxygen atoms in total. The lowest BCUT2D eigenvalue weighted by Crippen LogP contribution is -2.74. The summed E-state index contributed by atoms with van der Waals surface area (Å²) in [5.74, 6) is 1.58. The molecule has 0 amide bonds. The third kappa shape index (κ3) is 4.75. The molecule has 9 aromatic carbocycles. The molecule has 6 aliphatic rings. The average Bonchev–Trinajstić information content (AvgIpc) is 3.64. The molecule has 4 bridgehead atoms. The van der Waals surface area contributed by atoms with Crippen LogP contribution in [-0.4, -0.2) is 12.6 Å². The van der Waals surface area contributed by atoms with E-state index in [0.717, 1.165) is 5.92 Å². The minimum Gasteiger partial charge on any atom is -0.309 e. The maximum absolute atomic E-state index is 2.87. The lowest BCUT2D eigenvalue weighted by atomic mass is 9.51. The molecule has 10 aromatic rings. The van der Waals surface area contributed by atoms with Crippen LogP contribution >= 0.6 is 0 Å². The number of aromatic nitrogens is 1. The van der Waals surface area contributed by atoms with E-state index in [1.165, 1.54) is 109 Å². The number of hydrogen-bond acceptors (Lipinski definition) is 1. The zero-order chi connectivity index (χ0) is 44.0. The number of rotatable bonds is 7. The molecule has 1 aliphatic heterocycles. The van der Waals surface area contributed by atoms with E-state index in [2.05, 4.69) is 240 Å². The Morgan fingerprint density at radius 1 is 0.418 bits per heavy atom. The summed E-state index contributed by atoms with van der Waals surface area (Å²) < 4.78 is 2.55. The van der Waals surface area contributed by atoms with Crippen LogP contribution in [0, 0.1) is 22.7 Å². The predicted molar refractivity (Wildman–Crippen MR) is 280 cm³/mol. The highest BCUT2D eigenvalue weighted by molar-refractivity contribution is 7.19. The Hall–Kier alpha value is -7.20. The van der Waals surface area contributed by atoms with Gasteiger partial charge in [0.05, 0.1) is 33.8 Å². The quantitative estimate of drug-likeness (QED) is 0.114. The van der Waals surface area contributed by atoms with Crippen LogP contribution in [-0.2, 0) is 5.41 Å². The summed E-state index contributed by atoms with van der Waals surface area (Å²) in [7, 11) is -2.87. The van der Waals surface area contributed by atoms with Gasteiger partial charge in [-0.15, -0.1) is 0 Å². The molecule has 0 N–H and O–H groups in total. The van der Waals surface area contributed by atoms with E-state index in [1.807, 2.05) is 0 Å². The maximum atomic E-state index is 2.69. The number of benzene rings is 9. The van der Waals surface area contributed by atoms with Gasteiger partial charge in [0.25, 0.3) is 0 Å². The highest BCUT2D eigenvalue weighted by Gasteiger charge is 2.88. The van der Waals surface area contributed by atoms with Gasteiger partial charge in [0.2, 0.25) is 0 Å². The minimum absolute atomic E-state index is 0.0421. The van der Waals surface area contributed by atoms with Crippen LogP contribution in [0.25, 0.3) is 38.6 Å². The number of fused-ring (bicyclic) bond motifs is 5. The Balaban J connectivity index is 1.05. The van der Waals surface area contributed by atoms with Crippen LogP contribution < -0.4 is 25.6 Å². The monoisotopic (exact) mass is 874 g/mol. The third-order valence-electron chi connectivity index (χ3n) is 17.9. The van der Waals surface area contributed by atoms with E-state index in [9.17, 15) is 0 Å². The van der Waals surface area contributed by atoms with E-state index >= 15 is 0 Å². The fraction of sp³-hybridized carbons (Fsp3) is 0.156. The topological polar surface area (TPSA) is 8.17 Å². The van der Waals surface area contributed by atoms with E-state index in [0.29, 0.717) is 16.7 Å². The Bertz CT molecular complexity index is 3420. The molecule has 2 heterocycles. The molecule has 16 rings (SSSR count). The molecule has 5 saturated carbocycles.